The lowest BCUT2D eigenvalue weighted by Crippen LogP contribution is -2.28. The highest BCUT2D eigenvalue weighted by Gasteiger charge is 2.35. The molecule has 2 heterocycles. The SMILES string of the molecule is CCn1cc(CN2C(=O)C(=O)c3cc(Br)ccc32)cn1. The van der Waals surface area contributed by atoms with E-state index < -0.39 is 11.7 Å². The fraction of sp³-hybridized carbons (Fsp3) is 0.214. The first kappa shape index (κ1) is 13.1. The van der Waals surface area contributed by atoms with Gasteiger partial charge in [0.15, 0.2) is 0 Å². The van der Waals surface area contributed by atoms with Gasteiger partial charge in [0.2, 0.25) is 0 Å². The number of carbonyl (C=O) groups is 2. The van der Waals surface area contributed by atoms with E-state index in [9.17, 15) is 9.59 Å². The second-order valence-electron chi connectivity index (χ2n) is 4.59. The summed E-state index contributed by atoms with van der Waals surface area (Å²) in [6, 6.07) is 5.30. The van der Waals surface area contributed by atoms with E-state index in [1.54, 1.807) is 23.0 Å². The number of amides is 1. The summed E-state index contributed by atoms with van der Waals surface area (Å²) in [6.07, 6.45) is 3.60. The topological polar surface area (TPSA) is 55.2 Å². The monoisotopic (exact) mass is 333 g/mol. The van der Waals surface area contributed by atoms with Gasteiger partial charge in [-0.3, -0.25) is 14.3 Å². The molecule has 6 heteroatoms. The number of nitrogens with zero attached hydrogens (tertiary/aromatic N) is 3. The predicted molar refractivity (Wildman–Crippen MR) is 77.6 cm³/mol. The zero-order chi connectivity index (χ0) is 14.3. The van der Waals surface area contributed by atoms with E-state index in [0.29, 0.717) is 17.8 Å². The summed E-state index contributed by atoms with van der Waals surface area (Å²) in [7, 11) is 0. The maximum absolute atomic E-state index is 12.1. The molecule has 0 saturated heterocycles. The van der Waals surface area contributed by atoms with E-state index in [0.717, 1.165) is 16.6 Å². The first-order valence-corrected chi connectivity index (χ1v) is 7.06. The number of halogens is 1. The van der Waals surface area contributed by atoms with E-state index in [1.807, 2.05) is 19.2 Å². The molecule has 0 N–H and O–H groups in total. The average molecular weight is 334 g/mol. The van der Waals surface area contributed by atoms with Gasteiger partial charge in [0, 0.05) is 22.8 Å². The molecule has 1 amide bonds. The minimum Gasteiger partial charge on any atom is -0.300 e. The molecule has 1 aromatic carbocycles. The van der Waals surface area contributed by atoms with E-state index in [1.165, 1.54) is 4.90 Å². The van der Waals surface area contributed by atoms with Crippen LogP contribution in [-0.2, 0) is 17.9 Å². The quantitative estimate of drug-likeness (QED) is 0.810. The van der Waals surface area contributed by atoms with Crippen molar-refractivity contribution >= 4 is 33.3 Å². The van der Waals surface area contributed by atoms with Crippen molar-refractivity contribution < 1.29 is 9.59 Å². The maximum atomic E-state index is 12.1. The predicted octanol–water partition coefficient (Wildman–Crippen LogP) is 2.40. The molecule has 2 aromatic rings. The number of Topliss-reactive ketones (excluding diaryl/α,β-unsaturated/α-hetero) is 1. The van der Waals surface area contributed by atoms with Crippen LogP contribution in [0.2, 0.25) is 0 Å². The van der Waals surface area contributed by atoms with Crippen LogP contribution in [0.25, 0.3) is 0 Å². The Balaban J connectivity index is 1.95. The van der Waals surface area contributed by atoms with Gasteiger partial charge in [0.05, 0.1) is 24.0 Å². The summed E-state index contributed by atoms with van der Waals surface area (Å²) in [5.41, 5.74) is 2.02. The number of ketones is 1. The number of hydrogen-bond donors (Lipinski definition) is 0. The minimum atomic E-state index is -0.484. The molecule has 0 bridgehead atoms. The van der Waals surface area contributed by atoms with Crippen LogP contribution in [-0.4, -0.2) is 21.5 Å². The number of benzene rings is 1. The van der Waals surface area contributed by atoms with Crippen molar-refractivity contribution in [3.05, 3.63) is 46.2 Å². The molecular weight excluding hydrogens is 322 g/mol. The number of anilines is 1. The Morgan fingerprint density at radius 2 is 2.10 bits per heavy atom. The smallest absolute Gasteiger partial charge is 0.299 e. The molecule has 5 nitrogen and oxygen atoms in total. The molecule has 0 saturated carbocycles. The number of aromatic nitrogens is 2. The van der Waals surface area contributed by atoms with Crippen molar-refractivity contribution in [2.75, 3.05) is 4.90 Å². The van der Waals surface area contributed by atoms with Crippen LogP contribution in [0, 0.1) is 0 Å². The Labute approximate surface area is 124 Å². The molecular formula is C14H12BrN3O2. The third-order valence-electron chi connectivity index (χ3n) is 3.28. The van der Waals surface area contributed by atoms with Crippen LogP contribution in [0.5, 0.6) is 0 Å². The molecule has 0 fully saturated rings. The van der Waals surface area contributed by atoms with Crippen LogP contribution in [0.3, 0.4) is 0 Å². The fourth-order valence-electron chi connectivity index (χ4n) is 2.27. The molecule has 0 atom stereocenters. The van der Waals surface area contributed by atoms with E-state index in [4.69, 9.17) is 0 Å². The Bertz CT molecular complexity index is 708. The molecule has 102 valence electrons. The third-order valence-corrected chi connectivity index (χ3v) is 3.78. The van der Waals surface area contributed by atoms with E-state index >= 15 is 0 Å². The lowest BCUT2D eigenvalue weighted by atomic mass is 10.1. The zero-order valence-corrected chi connectivity index (χ0v) is 12.4. The summed E-state index contributed by atoms with van der Waals surface area (Å²) in [4.78, 5) is 25.6. The van der Waals surface area contributed by atoms with Gasteiger partial charge in [-0.05, 0) is 25.1 Å². The summed E-state index contributed by atoms with van der Waals surface area (Å²) in [5.74, 6) is -0.938. The van der Waals surface area contributed by atoms with Crippen LogP contribution in [0.1, 0.15) is 22.8 Å². The third kappa shape index (κ3) is 2.06. The first-order chi connectivity index (χ1) is 9.60. The van der Waals surface area contributed by atoms with E-state index in [2.05, 4.69) is 21.0 Å². The molecule has 20 heavy (non-hydrogen) atoms. The molecule has 0 unspecified atom stereocenters. The van der Waals surface area contributed by atoms with Crippen LogP contribution < -0.4 is 4.90 Å². The van der Waals surface area contributed by atoms with Crippen LogP contribution >= 0.6 is 15.9 Å². The second kappa shape index (κ2) is 4.86. The summed E-state index contributed by atoms with van der Waals surface area (Å²) in [5, 5.41) is 4.18. The van der Waals surface area contributed by atoms with Crippen molar-refractivity contribution in [1.29, 1.82) is 0 Å². The number of carbonyl (C=O) groups excluding carboxylic acids is 2. The highest BCUT2D eigenvalue weighted by atomic mass is 79.9. The summed E-state index contributed by atoms with van der Waals surface area (Å²) >= 11 is 3.32. The van der Waals surface area contributed by atoms with Gasteiger partial charge in [-0.25, -0.2) is 0 Å². The average Bonchev–Trinajstić information content (AvgIpc) is 2.99. The largest absolute Gasteiger partial charge is 0.300 e. The Kier molecular flexibility index (Phi) is 3.17. The normalized spacial score (nSPS) is 14.0. The lowest BCUT2D eigenvalue weighted by molar-refractivity contribution is -0.114. The molecule has 3 rings (SSSR count). The Morgan fingerprint density at radius 3 is 2.80 bits per heavy atom. The highest BCUT2D eigenvalue weighted by Crippen LogP contribution is 2.32. The van der Waals surface area contributed by atoms with Crippen molar-refractivity contribution in [3.8, 4) is 0 Å². The van der Waals surface area contributed by atoms with Gasteiger partial charge in [0.25, 0.3) is 11.7 Å². The van der Waals surface area contributed by atoms with Gasteiger partial charge < -0.3 is 4.90 Å². The van der Waals surface area contributed by atoms with Crippen molar-refractivity contribution in [2.45, 2.75) is 20.0 Å². The number of rotatable bonds is 3. The zero-order valence-electron chi connectivity index (χ0n) is 10.8. The molecule has 0 aliphatic carbocycles. The number of hydrogen-bond acceptors (Lipinski definition) is 3. The van der Waals surface area contributed by atoms with Gasteiger partial charge in [-0.15, -0.1) is 0 Å². The Morgan fingerprint density at radius 1 is 1.30 bits per heavy atom. The fourth-order valence-corrected chi connectivity index (χ4v) is 2.63. The number of aryl methyl sites for hydroxylation is 1. The Hall–Kier alpha value is -1.95. The lowest BCUT2D eigenvalue weighted by Gasteiger charge is -2.15. The van der Waals surface area contributed by atoms with E-state index in [-0.39, 0.29) is 0 Å². The van der Waals surface area contributed by atoms with Crippen molar-refractivity contribution in [3.63, 3.8) is 0 Å². The summed E-state index contributed by atoms with van der Waals surface area (Å²) in [6.45, 7) is 3.13. The van der Waals surface area contributed by atoms with Crippen molar-refractivity contribution in [1.82, 2.24) is 9.78 Å². The second-order valence-corrected chi connectivity index (χ2v) is 5.50. The molecule has 0 spiro atoms. The molecule has 1 aliphatic rings. The van der Waals surface area contributed by atoms with Gasteiger partial charge in [-0.2, -0.15) is 5.10 Å². The molecule has 1 aliphatic heterocycles. The van der Waals surface area contributed by atoms with Gasteiger partial charge in [-0.1, -0.05) is 15.9 Å². The molecule has 0 radical (unpaired) electrons. The van der Waals surface area contributed by atoms with Crippen LogP contribution in [0.15, 0.2) is 35.1 Å². The van der Waals surface area contributed by atoms with Gasteiger partial charge >= 0.3 is 0 Å². The highest BCUT2D eigenvalue weighted by molar-refractivity contribution is 9.10. The first-order valence-electron chi connectivity index (χ1n) is 6.27. The number of fused-ring (bicyclic) bond motifs is 1. The van der Waals surface area contributed by atoms with Crippen molar-refractivity contribution in [2.24, 2.45) is 0 Å². The maximum Gasteiger partial charge on any atom is 0.299 e. The minimum absolute atomic E-state index is 0.360. The molecule has 1 aromatic heterocycles. The summed E-state index contributed by atoms with van der Waals surface area (Å²) < 4.78 is 2.58. The van der Waals surface area contributed by atoms with Gasteiger partial charge in [0.1, 0.15) is 0 Å². The van der Waals surface area contributed by atoms with Crippen LogP contribution in [0.4, 0.5) is 5.69 Å². The standard InChI is InChI=1S/C14H12BrN3O2/c1-2-17-7-9(6-16-17)8-18-12-4-3-10(15)5-11(12)13(19)14(18)20/h3-7H,2,8H2,1H3.